The van der Waals surface area contributed by atoms with Gasteiger partial charge in [-0.2, -0.15) is 0 Å². The Labute approximate surface area is 300 Å². The van der Waals surface area contributed by atoms with Crippen LogP contribution < -0.4 is 0 Å². The largest absolute Gasteiger partial charge is 0.344 e. The minimum absolute atomic E-state index is 0.292. The fourth-order valence-corrected chi connectivity index (χ4v) is 7.51. The van der Waals surface area contributed by atoms with E-state index in [-0.39, 0.29) is 5.79 Å². The molecular formula is C45H81NO2. The molecule has 2 aliphatic rings. The third kappa shape index (κ3) is 21.1. The molecule has 0 radical (unpaired) electrons. The van der Waals surface area contributed by atoms with Crippen molar-refractivity contribution in [2.45, 2.75) is 224 Å². The number of hydrogen-bond acceptors (Lipinski definition) is 3. The van der Waals surface area contributed by atoms with Crippen LogP contribution in [0, 0.1) is 0 Å². The van der Waals surface area contributed by atoms with Crippen molar-refractivity contribution in [3.8, 4) is 0 Å². The van der Waals surface area contributed by atoms with Gasteiger partial charge in [0.15, 0.2) is 5.79 Å². The minimum Gasteiger partial charge on any atom is -0.344 e. The second kappa shape index (κ2) is 29.6. The van der Waals surface area contributed by atoms with Gasteiger partial charge in [-0.05, 0) is 110 Å². The summed E-state index contributed by atoms with van der Waals surface area (Å²) in [6, 6.07) is 0.634. The van der Waals surface area contributed by atoms with E-state index < -0.39 is 0 Å². The second-order valence-corrected chi connectivity index (χ2v) is 15.3. The topological polar surface area (TPSA) is 21.7 Å². The maximum atomic E-state index is 6.91. The van der Waals surface area contributed by atoms with E-state index in [2.05, 4.69) is 81.5 Å². The molecule has 0 aromatic carbocycles. The standard InChI is InChI=1S/C45H81NO2/c1-5-7-9-11-13-15-17-19-21-23-25-27-29-31-33-35-39-45(47-43-38-37-42(46(3)4)41-44(43)48-45)40-36-34-32-30-28-26-24-22-20-18-16-14-12-10-8-6-2/h13-16,19-22,42-44H,5-12,17-18,23-41H2,1-4H3/b15-13-,16-14-,21-19-,22-20-/t42-,43-,44-/m1/s1. The Bertz CT molecular complexity index is 794. The number of ether oxygens (including phenoxy) is 2. The molecule has 0 aromatic rings. The lowest BCUT2D eigenvalue weighted by Crippen LogP contribution is -2.40. The summed E-state index contributed by atoms with van der Waals surface area (Å²) in [5, 5.41) is 0. The second-order valence-electron chi connectivity index (χ2n) is 15.3. The van der Waals surface area contributed by atoms with Gasteiger partial charge in [-0.25, -0.2) is 0 Å². The monoisotopic (exact) mass is 668 g/mol. The number of rotatable bonds is 31. The molecule has 0 N–H and O–H groups in total. The number of unbranched alkanes of at least 4 members (excludes halogenated alkanes) is 18. The van der Waals surface area contributed by atoms with Gasteiger partial charge in [-0.3, -0.25) is 0 Å². The number of nitrogens with zero attached hydrogens (tertiary/aromatic N) is 1. The van der Waals surface area contributed by atoms with E-state index in [1.165, 1.54) is 148 Å². The maximum absolute atomic E-state index is 6.91. The van der Waals surface area contributed by atoms with Gasteiger partial charge in [0, 0.05) is 18.9 Å². The number of fused-ring (bicyclic) bond motifs is 1. The summed E-state index contributed by atoms with van der Waals surface area (Å²) in [6.07, 6.45) is 56.3. The van der Waals surface area contributed by atoms with Gasteiger partial charge in [0.1, 0.15) is 0 Å². The van der Waals surface area contributed by atoms with E-state index in [4.69, 9.17) is 9.47 Å². The zero-order valence-corrected chi connectivity index (χ0v) is 32.6. The van der Waals surface area contributed by atoms with Crippen LogP contribution in [0.25, 0.3) is 0 Å². The van der Waals surface area contributed by atoms with E-state index in [0.29, 0.717) is 18.2 Å². The van der Waals surface area contributed by atoms with Crippen LogP contribution in [-0.2, 0) is 9.47 Å². The summed E-state index contributed by atoms with van der Waals surface area (Å²) in [5.41, 5.74) is 0. The average molecular weight is 668 g/mol. The molecule has 3 atom stereocenters. The van der Waals surface area contributed by atoms with Gasteiger partial charge in [0.25, 0.3) is 0 Å². The van der Waals surface area contributed by atoms with Crippen LogP contribution in [0.15, 0.2) is 48.6 Å². The zero-order valence-electron chi connectivity index (χ0n) is 32.6. The highest BCUT2D eigenvalue weighted by atomic mass is 16.8. The molecule has 0 bridgehead atoms. The van der Waals surface area contributed by atoms with Crippen LogP contribution in [0.1, 0.15) is 200 Å². The molecule has 1 aliphatic carbocycles. The van der Waals surface area contributed by atoms with E-state index >= 15 is 0 Å². The van der Waals surface area contributed by atoms with E-state index in [9.17, 15) is 0 Å². The van der Waals surface area contributed by atoms with Crippen molar-refractivity contribution < 1.29 is 9.47 Å². The van der Waals surface area contributed by atoms with Crippen LogP contribution >= 0.6 is 0 Å². The van der Waals surface area contributed by atoms with Crippen LogP contribution in [0.4, 0.5) is 0 Å². The molecule has 1 aliphatic heterocycles. The summed E-state index contributed by atoms with van der Waals surface area (Å²) in [6.45, 7) is 4.54. The Hall–Kier alpha value is -1.16. The molecule has 278 valence electrons. The van der Waals surface area contributed by atoms with Gasteiger partial charge in [-0.1, -0.05) is 140 Å². The van der Waals surface area contributed by atoms with Crippen LogP contribution in [0.5, 0.6) is 0 Å². The molecule has 1 saturated heterocycles. The van der Waals surface area contributed by atoms with Crippen LogP contribution in [-0.4, -0.2) is 43.0 Å². The predicted octanol–water partition coefficient (Wildman–Crippen LogP) is 14.0. The Morgan fingerprint density at radius 3 is 1.31 bits per heavy atom. The Kier molecular flexibility index (Phi) is 26.5. The van der Waals surface area contributed by atoms with Crippen molar-refractivity contribution in [3.05, 3.63) is 48.6 Å². The summed E-state index contributed by atoms with van der Waals surface area (Å²) in [5.74, 6) is -0.318. The summed E-state index contributed by atoms with van der Waals surface area (Å²) < 4.78 is 13.8. The first kappa shape index (κ1) is 43.0. The molecule has 1 heterocycles. The van der Waals surface area contributed by atoms with Crippen molar-refractivity contribution in [3.63, 3.8) is 0 Å². The maximum Gasteiger partial charge on any atom is 0.169 e. The lowest BCUT2D eigenvalue weighted by molar-refractivity contribution is -0.186. The molecule has 3 heteroatoms. The van der Waals surface area contributed by atoms with Crippen molar-refractivity contribution >= 4 is 0 Å². The Balaban J connectivity index is 1.59. The molecule has 1 saturated carbocycles. The quantitative estimate of drug-likeness (QED) is 0.0542. The SMILES string of the molecule is CCCCC/C=C\C/C=C\CCCCCCCCC1(CCCCCCCC/C=C\C/C=C\CCCCC)O[C@@H]2CC[C@@H](N(C)C)C[C@H]2O1. The lowest BCUT2D eigenvalue weighted by Gasteiger charge is -2.33. The first-order valence-electron chi connectivity index (χ1n) is 21.2. The predicted molar refractivity (Wildman–Crippen MR) is 212 cm³/mol. The molecular weight excluding hydrogens is 587 g/mol. The van der Waals surface area contributed by atoms with Gasteiger partial charge < -0.3 is 14.4 Å². The fraction of sp³-hybridized carbons (Fsp3) is 0.822. The van der Waals surface area contributed by atoms with Crippen molar-refractivity contribution in [1.29, 1.82) is 0 Å². The molecule has 0 aromatic heterocycles. The van der Waals surface area contributed by atoms with Gasteiger partial charge in [-0.15, -0.1) is 0 Å². The van der Waals surface area contributed by atoms with E-state index in [1.54, 1.807) is 0 Å². The Morgan fingerprint density at radius 2 is 0.875 bits per heavy atom. The summed E-state index contributed by atoms with van der Waals surface area (Å²) in [7, 11) is 4.45. The summed E-state index contributed by atoms with van der Waals surface area (Å²) in [4.78, 5) is 2.39. The third-order valence-electron chi connectivity index (χ3n) is 10.7. The van der Waals surface area contributed by atoms with Crippen LogP contribution in [0.3, 0.4) is 0 Å². The van der Waals surface area contributed by atoms with Crippen molar-refractivity contribution in [2.24, 2.45) is 0 Å². The molecule has 48 heavy (non-hydrogen) atoms. The van der Waals surface area contributed by atoms with Crippen LogP contribution in [0.2, 0.25) is 0 Å². The molecule has 0 spiro atoms. The van der Waals surface area contributed by atoms with E-state index in [1.807, 2.05) is 0 Å². The van der Waals surface area contributed by atoms with Gasteiger partial charge in [0.2, 0.25) is 0 Å². The third-order valence-corrected chi connectivity index (χ3v) is 10.7. The smallest absolute Gasteiger partial charge is 0.169 e. The minimum atomic E-state index is -0.318. The van der Waals surface area contributed by atoms with E-state index in [0.717, 1.165) is 38.5 Å². The van der Waals surface area contributed by atoms with Gasteiger partial charge in [0.05, 0.1) is 12.2 Å². The molecule has 2 rings (SSSR count). The first-order chi connectivity index (χ1) is 23.6. The number of hydrogen-bond donors (Lipinski definition) is 0. The highest BCUT2D eigenvalue weighted by Crippen LogP contribution is 2.43. The van der Waals surface area contributed by atoms with Crippen molar-refractivity contribution in [1.82, 2.24) is 4.90 Å². The highest BCUT2D eigenvalue weighted by Gasteiger charge is 2.49. The highest BCUT2D eigenvalue weighted by molar-refractivity contribution is 4.95. The Morgan fingerprint density at radius 1 is 0.479 bits per heavy atom. The fourth-order valence-electron chi connectivity index (χ4n) is 7.51. The molecule has 3 nitrogen and oxygen atoms in total. The molecule has 0 amide bonds. The van der Waals surface area contributed by atoms with Gasteiger partial charge >= 0.3 is 0 Å². The summed E-state index contributed by atoms with van der Waals surface area (Å²) >= 11 is 0. The van der Waals surface area contributed by atoms with Crippen molar-refractivity contribution in [2.75, 3.05) is 14.1 Å². The number of allylic oxidation sites excluding steroid dienone is 8. The lowest BCUT2D eigenvalue weighted by atomic mass is 9.90. The normalized spacial score (nSPS) is 21.2. The molecule has 2 fully saturated rings. The molecule has 0 unspecified atom stereocenters. The first-order valence-corrected chi connectivity index (χ1v) is 21.2. The zero-order chi connectivity index (χ0) is 34.4. The average Bonchev–Trinajstić information content (AvgIpc) is 3.45.